The van der Waals surface area contributed by atoms with Gasteiger partial charge in [-0.2, -0.15) is 0 Å². The van der Waals surface area contributed by atoms with E-state index in [2.05, 4.69) is 5.32 Å². The van der Waals surface area contributed by atoms with Gasteiger partial charge in [-0.05, 0) is 47.9 Å². The summed E-state index contributed by atoms with van der Waals surface area (Å²) in [5.41, 5.74) is 2.06. The Morgan fingerprint density at radius 2 is 2.00 bits per heavy atom. The van der Waals surface area contributed by atoms with Crippen molar-refractivity contribution in [1.82, 2.24) is 5.32 Å². The molecule has 0 saturated carbocycles. The highest BCUT2D eigenvalue weighted by Crippen LogP contribution is 2.13. The first kappa shape index (κ1) is 16.1. The van der Waals surface area contributed by atoms with E-state index in [1.807, 2.05) is 48.5 Å². The van der Waals surface area contributed by atoms with Crippen molar-refractivity contribution in [2.75, 3.05) is 13.7 Å². The molecule has 1 amide bonds. The molecule has 0 aromatic heterocycles. The molecule has 0 heterocycles. The molecule has 0 bridgehead atoms. The molecule has 3 nitrogen and oxygen atoms in total. The zero-order valence-corrected chi connectivity index (χ0v) is 13.1. The van der Waals surface area contributed by atoms with Gasteiger partial charge in [0.25, 0.3) is 0 Å². The predicted octanol–water partition coefficient (Wildman–Crippen LogP) is 3.72. The maximum absolute atomic E-state index is 11.8. The van der Waals surface area contributed by atoms with Crippen LogP contribution in [0.2, 0.25) is 5.02 Å². The van der Waals surface area contributed by atoms with Crippen molar-refractivity contribution in [3.05, 3.63) is 70.8 Å². The Hall–Kier alpha value is -2.26. The molecule has 2 aromatic rings. The van der Waals surface area contributed by atoms with Crippen LogP contribution < -0.4 is 10.1 Å². The van der Waals surface area contributed by atoms with E-state index in [0.29, 0.717) is 11.6 Å². The van der Waals surface area contributed by atoms with Gasteiger partial charge in [0.2, 0.25) is 5.91 Å². The zero-order valence-electron chi connectivity index (χ0n) is 12.4. The van der Waals surface area contributed by atoms with Gasteiger partial charge in [0.15, 0.2) is 0 Å². The van der Waals surface area contributed by atoms with Gasteiger partial charge in [0.05, 0.1) is 7.11 Å². The third kappa shape index (κ3) is 5.26. The van der Waals surface area contributed by atoms with Crippen LogP contribution in [-0.2, 0) is 11.2 Å². The number of carbonyl (C=O) groups excluding carboxylic acids is 1. The summed E-state index contributed by atoms with van der Waals surface area (Å²) in [4.78, 5) is 11.8. The van der Waals surface area contributed by atoms with Crippen LogP contribution in [-0.4, -0.2) is 19.6 Å². The first-order valence-electron chi connectivity index (χ1n) is 7.02. The van der Waals surface area contributed by atoms with E-state index in [9.17, 15) is 4.79 Å². The van der Waals surface area contributed by atoms with Gasteiger partial charge in [-0.1, -0.05) is 35.9 Å². The lowest BCUT2D eigenvalue weighted by Crippen LogP contribution is -2.23. The average Bonchev–Trinajstić information content (AvgIpc) is 2.55. The van der Waals surface area contributed by atoms with Crippen molar-refractivity contribution in [2.45, 2.75) is 6.42 Å². The molecular weight excluding hydrogens is 298 g/mol. The number of benzene rings is 2. The van der Waals surface area contributed by atoms with E-state index in [4.69, 9.17) is 16.3 Å². The van der Waals surface area contributed by atoms with Crippen LogP contribution in [0.5, 0.6) is 5.75 Å². The van der Waals surface area contributed by atoms with Crippen molar-refractivity contribution in [3.8, 4) is 5.75 Å². The molecule has 0 spiro atoms. The van der Waals surface area contributed by atoms with Crippen molar-refractivity contribution in [3.63, 3.8) is 0 Å². The Morgan fingerprint density at radius 1 is 1.23 bits per heavy atom. The van der Waals surface area contributed by atoms with Crippen molar-refractivity contribution in [1.29, 1.82) is 0 Å². The van der Waals surface area contributed by atoms with Crippen LogP contribution in [0.3, 0.4) is 0 Å². The minimum absolute atomic E-state index is 0.114. The number of carbonyl (C=O) groups is 1. The van der Waals surface area contributed by atoms with E-state index in [1.165, 1.54) is 6.08 Å². The monoisotopic (exact) mass is 315 g/mol. The number of halogens is 1. The summed E-state index contributed by atoms with van der Waals surface area (Å²) in [5.74, 6) is 0.655. The summed E-state index contributed by atoms with van der Waals surface area (Å²) < 4.78 is 5.14. The molecule has 2 rings (SSSR count). The standard InChI is InChI=1S/C18H18ClNO2/c1-22-17-4-2-3-15(13-17)7-10-18(21)20-12-11-14-5-8-16(19)9-6-14/h2-10,13H,11-12H2,1H3,(H,20,21)/b10-7+. The topological polar surface area (TPSA) is 38.3 Å². The van der Waals surface area contributed by atoms with Gasteiger partial charge in [-0.15, -0.1) is 0 Å². The Morgan fingerprint density at radius 3 is 2.73 bits per heavy atom. The van der Waals surface area contributed by atoms with Crippen molar-refractivity contribution >= 4 is 23.6 Å². The summed E-state index contributed by atoms with van der Waals surface area (Å²) in [6.45, 7) is 0.586. The third-order valence-corrected chi connectivity index (χ3v) is 3.40. The summed E-state index contributed by atoms with van der Waals surface area (Å²) in [6.07, 6.45) is 4.06. The molecule has 0 aliphatic rings. The third-order valence-electron chi connectivity index (χ3n) is 3.15. The molecule has 2 aromatic carbocycles. The Balaban J connectivity index is 1.79. The van der Waals surface area contributed by atoms with Crippen LogP contribution >= 0.6 is 11.6 Å². The van der Waals surface area contributed by atoms with E-state index in [0.717, 1.165) is 23.3 Å². The minimum atomic E-state index is -0.114. The summed E-state index contributed by atoms with van der Waals surface area (Å²) in [7, 11) is 1.62. The van der Waals surface area contributed by atoms with Gasteiger partial charge in [-0.3, -0.25) is 4.79 Å². The molecule has 1 N–H and O–H groups in total. The van der Waals surface area contributed by atoms with Gasteiger partial charge in [0.1, 0.15) is 5.75 Å². The number of rotatable bonds is 6. The highest BCUT2D eigenvalue weighted by molar-refractivity contribution is 6.30. The van der Waals surface area contributed by atoms with Crippen LogP contribution in [0.25, 0.3) is 6.08 Å². The fourth-order valence-corrected chi connectivity index (χ4v) is 2.08. The smallest absolute Gasteiger partial charge is 0.244 e. The molecular formula is C18H18ClNO2. The lowest BCUT2D eigenvalue weighted by atomic mass is 10.1. The maximum Gasteiger partial charge on any atom is 0.244 e. The molecule has 0 unspecified atom stereocenters. The Kier molecular flexibility index (Phi) is 6.04. The number of hydrogen-bond donors (Lipinski definition) is 1. The Labute approximate surface area is 135 Å². The minimum Gasteiger partial charge on any atom is -0.497 e. The van der Waals surface area contributed by atoms with Crippen LogP contribution in [0, 0.1) is 0 Å². The second-order valence-corrected chi connectivity index (χ2v) is 5.21. The SMILES string of the molecule is COc1cccc(/C=C/C(=O)NCCc2ccc(Cl)cc2)c1. The number of hydrogen-bond acceptors (Lipinski definition) is 2. The highest BCUT2D eigenvalue weighted by Gasteiger charge is 1.98. The average molecular weight is 316 g/mol. The first-order chi connectivity index (χ1) is 10.7. The number of methoxy groups -OCH3 is 1. The normalized spacial score (nSPS) is 10.6. The fraction of sp³-hybridized carbons (Fsp3) is 0.167. The van der Waals surface area contributed by atoms with Crippen LogP contribution in [0.15, 0.2) is 54.6 Å². The molecule has 4 heteroatoms. The largest absolute Gasteiger partial charge is 0.497 e. The Bertz CT molecular complexity index is 650. The maximum atomic E-state index is 11.8. The van der Waals surface area contributed by atoms with Gasteiger partial charge >= 0.3 is 0 Å². The highest BCUT2D eigenvalue weighted by atomic mass is 35.5. The predicted molar refractivity (Wildman–Crippen MR) is 90.2 cm³/mol. The molecule has 0 fully saturated rings. The molecule has 0 aliphatic carbocycles. The summed E-state index contributed by atoms with van der Waals surface area (Å²) in [5, 5.41) is 3.57. The molecule has 114 valence electrons. The van der Waals surface area contributed by atoms with E-state index in [1.54, 1.807) is 13.2 Å². The molecule has 22 heavy (non-hydrogen) atoms. The van der Waals surface area contributed by atoms with Crippen LogP contribution in [0.1, 0.15) is 11.1 Å². The first-order valence-corrected chi connectivity index (χ1v) is 7.39. The lowest BCUT2D eigenvalue weighted by Gasteiger charge is -2.03. The van der Waals surface area contributed by atoms with Crippen LogP contribution in [0.4, 0.5) is 0 Å². The van der Waals surface area contributed by atoms with E-state index in [-0.39, 0.29) is 5.91 Å². The lowest BCUT2D eigenvalue weighted by molar-refractivity contribution is -0.116. The van der Waals surface area contributed by atoms with Gasteiger partial charge in [-0.25, -0.2) is 0 Å². The number of ether oxygens (including phenoxy) is 1. The van der Waals surface area contributed by atoms with E-state index < -0.39 is 0 Å². The van der Waals surface area contributed by atoms with Crippen molar-refractivity contribution in [2.24, 2.45) is 0 Å². The molecule has 0 atom stereocenters. The van der Waals surface area contributed by atoms with Gasteiger partial charge in [0, 0.05) is 17.6 Å². The molecule has 0 saturated heterocycles. The summed E-state index contributed by atoms with van der Waals surface area (Å²) >= 11 is 5.83. The molecule has 0 radical (unpaired) electrons. The van der Waals surface area contributed by atoms with E-state index >= 15 is 0 Å². The quantitative estimate of drug-likeness (QED) is 0.825. The number of amides is 1. The molecule has 0 aliphatic heterocycles. The summed E-state index contributed by atoms with van der Waals surface area (Å²) in [6, 6.07) is 15.2. The second kappa shape index (κ2) is 8.25. The zero-order chi connectivity index (χ0) is 15.8. The van der Waals surface area contributed by atoms with Gasteiger partial charge < -0.3 is 10.1 Å². The number of nitrogens with one attached hydrogen (secondary N) is 1. The van der Waals surface area contributed by atoms with Crippen molar-refractivity contribution < 1.29 is 9.53 Å². The second-order valence-electron chi connectivity index (χ2n) is 4.78. The fourth-order valence-electron chi connectivity index (χ4n) is 1.96.